The molecule has 0 radical (unpaired) electrons. The zero-order valence-corrected chi connectivity index (χ0v) is 16.6. The summed E-state index contributed by atoms with van der Waals surface area (Å²) >= 11 is 0. The van der Waals surface area contributed by atoms with Gasteiger partial charge in [0.15, 0.2) is 0 Å². The van der Waals surface area contributed by atoms with Crippen molar-refractivity contribution in [3.63, 3.8) is 0 Å². The molecule has 0 aliphatic rings. The number of hydrogen-bond donors (Lipinski definition) is 0. The monoisotopic (exact) mass is 476 g/mol. The summed E-state index contributed by atoms with van der Waals surface area (Å²) < 4.78 is 157. The second-order valence-corrected chi connectivity index (χ2v) is 7.20. The first-order valence-electron chi connectivity index (χ1n) is 8.57. The maximum atomic E-state index is 14.3. The Hall–Kier alpha value is -1.79. The van der Waals surface area contributed by atoms with E-state index in [2.05, 4.69) is 0 Å². The molecule has 0 heterocycles. The molecule has 2 nitrogen and oxygen atoms in total. The van der Waals surface area contributed by atoms with Gasteiger partial charge in [0.25, 0.3) is 0 Å². The van der Waals surface area contributed by atoms with Crippen LogP contribution in [0.4, 0.5) is 48.3 Å². The van der Waals surface area contributed by atoms with Crippen molar-refractivity contribution >= 4 is 0 Å². The first kappa shape index (κ1) is 27.2. The Balaban J connectivity index is 3.50. The third kappa shape index (κ3) is 4.70. The number of benzene rings is 1. The van der Waals surface area contributed by atoms with Gasteiger partial charge in [-0.2, -0.15) is 48.3 Å². The van der Waals surface area contributed by atoms with Gasteiger partial charge in [0, 0.05) is 12.7 Å². The molecular formula is C18H19F11O2. The van der Waals surface area contributed by atoms with Gasteiger partial charge in [-0.25, -0.2) is 0 Å². The van der Waals surface area contributed by atoms with E-state index in [9.17, 15) is 48.3 Å². The molecule has 1 unspecified atom stereocenters. The van der Waals surface area contributed by atoms with Gasteiger partial charge in [-0.1, -0.05) is 18.2 Å². The number of rotatable bonds is 9. The van der Waals surface area contributed by atoms with Gasteiger partial charge in [0.05, 0.1) is 18.1 Å². The number of halogens is 11. The zero-order chi connectivity index (χ0) is 24.7. The fraction of sp³-hybridized carbons (Fsp3) is 0.667. The van der Waals surface area contributed by atoms with Crippen LogP contribution in [0.1, 0.15) is 32.8 Å². The first-order chi connectivity index (χ1) is 13.7. The van der Waals surface area contributed by atoms with Crippen molar-refractivity contribution in [3.8, 4) is 5.75 Å². The molecule has 0 amide bonds. The van der Waals surface area contributed by atoms with Crippen LogP contribution in [0.2, 0.25) is 0 Å². The Labute approximate surface area is 170 Å². The SMILES string of the molecule is COC(C)(CC(F)(F)C(F)(F)C(F)(F)C(F)(F)C(F)(F)F)c1ccccc1OC(C)C. The molecule has 0 aliphatic heterocycles. The average Bonchev–Trinajstić information content (AvgIpc) is 2.59. The number of methoxy groups -OCH3 is 1. The predicted molar refractivity (Wildman–Crippen MR) is 87.0 cm³/mol. The lowest BCUT2D eigenvalue weighted by Gasteiger charge is -2.40. The highest BCUT2D eigenvalue weighted by Gasteiger charge is 2.87. The van der Waals surface area contributed by atoms with Crippen LogP contribution in [-0.4, -0.2) is 43.1 Å². The van der Waals surface area contributed by atoms with E-state index in [-0.39, 0.29) is 11.3 Å². The Kier molecular flexibility index (Phi) is 7.28. The summed E-state index contributed by atoms with van der Waals surface area (Å²) in [4.78, 5) is 0. The Bertz CT molecular complexity index is 759. The number of ether oxygens (including phenoxy) is 2. The zero-order valence-electron chi connectivity index (χ0n) is 16.6. The first-order valence-corrected chi connectivity index (χ1v) is 8.57. The summed E-state index contributed by atoms with van der Waals surface area (Å²) in [6.45, 7) is 3.78. The van der Waals surface area contributed by atoms with Crippen LogP contribution in [0, 0.1) is 0 Å². The highest BCUT2D eigenvalue weighted by Crippen LogP contribution is 2.59. The lowest BCUT2D eigenvalue weighted by atomic mass is 9.84. The van der Waals surface area contributed by atoms with Crippen LogP contribution in [0.3, 0.4) is 0 Å². The van der Waals surface area contributed by atoms with Gasteiger partial charge >= 0.3 is 29.9 Å². The molecule has 1 atom stereocenters. The van der Waals surface area contributed by atoms with Gasteiger partial charge in [-0.15, -0.1) is 0 Å². The molecule has 1 aromatic carbocycles. The van der Waals surface area contributed by atoms with Crippen molar-refractivity contribution in [2.75, 3.05) is 7.11 Å². The summed E-state index contributed by atoms with van der Waals surface area (Å²) in [7, 11) is 0.739. The minimum absolute atomic E-state index is 0.173. The fourth-order valence-electron chi connectivity index (χ4n) is 2.68. The minimum Gasteiger partial charge on any atom is -0.491 e. The van der Waals surface area contributed by atoms with Crippen molar-refractivity contribution in [2.45, 2.75) is 68.8 Å². The van der Waals surface area contributed by atoms with E-state index in [4.69, 9.17) is 9.47 Å². The summed E-state index contributed by atoms with van der Waals surface area (Å²) in [6, 6.07) is 4.89. The van der Waals surface area contributed by atoms with Gasteiger partial charge in [0.2, 0.25) is 0 Å². The summed E-state index contributed by atoms with van der Waals surface area (Å²) in [5.41, 5.74) is -2.88. The summed E-state index contributed by atoms with van der Waals surface area (Å²) in [5.74, 6) is -28.2. The van der Waals surface area contributed by atoms with Crippen molar-refractivity contribution in [1.29, 1.82) is 0 Å². The van der Waals surface area contributed by atoms with Crippen LogP contribution in [-0.2, 0) is 10.3 Å². The smallest absolute Gasteiger partial charge is 0.460 e. The fourth-order valence-corrected chi connectivity index (χ4v) is 2.68. The molecule has 13 heteroatoms. The molecule has 31 heavy (non-hydrogen) atoms. The Morgan fingerprint density at radius 2 is 1.26 bits per heavy atom. The van der Waals surface area contributed by atoms with Crippen LogP contribution in [0.15, 0.2) is 24.3 Å². The molecule has 0 N–H and O–H groups in total. The molecule has 0 aliphatic carbocycles. The topological polar surface area (TPSA) is 18.5 Å². The molecule has 0 fully saturated rings. The van der Waals surface area contributed by atoms with E-state index >= 15 is 0 Å². The number of para-hydroxylation sites is 1. The standard InChI is InChI=1S/C18H19F11O2/c1-10(2)31-12-8-6-5-7-11(12)13(3,30-4)9-14(19,20)15(21,22)16(23,24)17(25,26)18(27,28)29/h5-8,10H,9H2,1-4H3. The molecule has 0 aromatic heterocycles. The van der Waals surface area contributed by atoms with Crippen LogP contribution >= 0.6 is 0 Å². The second kappa shape index (κ2) is 8.28. The third-order valence-electron chi connectivity index (χ3n) is 4.43. The molecule has 0 saturated carbocycles. The van der Waals surface area contributed by atoms with Crippen LogP contribution < -0.4 is 4.74 Å². The van der Waals surface area contributed by atoms with Gasteiger partial charge in [-0.3, -0.25) is 0 Å². The highest BCUT2D eigenvalue weighted by atomic mass is 19.4. The molecule has 180 valence electrons. The van der Waals surface area contributed by atoms with Gasteiger partial charge in [0.1, 0.15) is 5.75 Å². The molecule has 1 aromatic rings. The molecule has 0 saturated heterocycles. The van der Waals surface area contributed by atoms with Crippen molar-refractivity contribution in [3.05, 3.63) is 29.8 Å². The van der Waals surface area contributed by atoms with Gasteiger partial charge < -0.3 is 9.47 Å². The second-order valence-electron chi connectivity index (χ2n) is 7.20. The molecule has 1 rings (SSSR count). The van der Waals surface area contributed by atoms with Crippen molar-refractivity contribution < 1.29 is 57.8 Å². The lowest BCUT2D eigenvalue weighted by molar-refractivity contribution is -0.424. The predicted octanol–water partition coefficient (Wildman–Crippen LogP) is 6.83. The largest absolute Gasteiger partial charge is 0.491 e. The van der Waals surface area contributed by atoms with Crippen LogP contribution in [0.5, 0.6) is 5.75 Å². The minimum atomic E-state index is -7.47. The lowest BCUT2D eigenvalue weighted by Crippen LogP contribution is -2.67. The molecule has 0 spiro atoms. The maximum Gasteiger partial charge on any atom is 0.460 e. The highest BCUT2D eigenvalue weighted by molar-refractivity contribution is 5.38. The van der Waals surface area contributed by atoms with E-state index in [1.807, 2.05) is 0 Å². The maximum absolute atomic E-state index is 14.3. The Morgan fingerprint density at radius 1 is 0.774 bits per heavy atom. The van der Waals surface area contributed by atoms with Crippen LogP contribution in [0.25, 0.3) is 0 Å². The Morgan fingerprint density at radius 3 is 1.68 bits per heavy atom. The van der Waals surface area contributed by atoms with Crippen molar-refractivity contribution in [2.24, 2.45) is 0 Å². The normalized spacial score (nSPS) is 16.4. The summed E-state index contributed by atoms with van der Waals surface area (Å²) in [5, 5.41) is 0. The van der Waals surface area contributed by atoms with E-state index in [1.54, 1.807) is 0 Å². The number of alkyl halides is 11. The molecule has 0 bridgehead atoms. The van der Waals surface area contributed by atoms with E-state index in [0.29, 0.717) is 0 Å². The van der Waals surface area contributed by atoms with E-state index in [1.165, 1.54) is 32.0 Å². The van der Waals surface area contributed by atoms with E-state index in [0.717, 1.165) is 20.1 Å². The molecular weight excluding hydrogens is 457 g/mol. The van der Waals surface area contributed by atoms with Crippen molar-refractivity contribution in [1.82, 2.24) is 0 Å². The van der Waals surface area contributed by atoms with Gasteiger partial charge in [-0.05, 0) is 26.8 Å². The third-order valence-corrected chi connectivity index (χ3v) is 4.43. The summed E-state index contributed by atoms with van der Waals surface area (Å²) in [6.07, 6.45) is -10.1. The quantitative estimate of drug-likeness (QED) is 0.364. The average molecular weight is 476 g/mol. The number of hydrogen-bond acceptors (Lipinski definition) is 2. The van der Waals surface area contributed by atoms with E-state index < -0.39 is 48.0 Å².